The number of hydrogen-bond donors (Lipinski definition) is 1. The van der Waals surface area contributed by atoms with Gasteiger partial charge in [-0.2, -0.15) is 4.37 Å². The molecule has 0 bridgehead atoms. The Morgan fingerprint density at radius 2 is 2.19 bits per heavy atom. The molecule has 1 amide bonds. The molecule has 1 N–H and O–H groups in total. The SMILES string of the molecule is Cc1nsc(N2CCCN(CC(=O)NCC3CC3)CC2)n1. The van der Waals surface area contributed by atoms with E-state index in [2.05, 4.69) is 24.5 Å². The highest BCUT2D eigenvalue weighted by molar-refractivity contribution is 7.09. The summed E-state index contributed by atoms with van der Waals surface area (Å²) in [5.41, 5.74) is 0. The van der Waals surface area contributed by atoms with Crippen LogP contribution in [0.5, 0.6) is 0 Å². The van der Waals surface area contributed by atoms with E-state index in [9.17, 15) is 4.79 Å². The molecule has 0 aromatic carbocycles. The van der Waals surface area contributed by atoms with Gasteiger partial charge in [0.2, 0.25) is 11.0 Å². The number of anilines is 1. The van der Waals surface area contributed by atoms with Gasteiger partial charge in [-0.25, -0.2) is 4.98 Å². The fourth-order valence-corrected chi connectivity index (χ4v) is 3.30. The number of nitrogens with one attached hydrogen (secondary N) is 1. The van der Waals surface area contributed by atoms with Crippen molar-refractivity contribution in [2.24, 2.45) is 5.92 Å². The maximum atomic E-state index is 11.9. The number of carbonyl (C=O) groups excluding carboxylic acids is 1. The van der Waals surface area contributed by atoms with Gasteiger partial charge in [0, 0.05) is 44.3 Å². The fourth-order valence-electron chi connectivity index (χ4n) is 2.57. The van der Waals surface area contributed by atoms with Gasteiger partial charge in [0.25, 0.3) is 0 Å². The molecule has 116 valence electrons. The highest BCUT2D eigenvalue weighted by atomic mass is 32.1. The first-order valence-corrected chi connectivity index (χ1v) is 8.52. The summed E-state index contributed by atoms with van der Waals surface area (Å²) in [6.07, 6.45) is 3.62. The lowest BCUT2D eigenvalue weighted by Crippen LogP contribution is -2.39. The molecule has 1 saturated carbocycles. The van der Waals surface area contributed by atoms with Crippen molar-refractivity contribution in [3.63, 3.8) is 0 Å². The van der Waals surface area contributed by atoms with Gasteiger partial charge in [0.1, 0.15) is 5.82 Å². The molecule has 1 aromatic rings. The summed E-state index contributed by atoms with van der Waals surface area (Å²) < 4.78 is 4.25. The highest BCUT2D eigenvalue weighted by Crippen LogP contribution is 2.27. The first-order chi connectivity index (χ1) is 10.2. The Morgan fingerprint density at radius 3 is 2.90 bits per heavy atom. The number of amides is 1. The van der Waals surface area contributed by atoms with Crippen LogP contribution >= 0.6 is 11.5 Å². The van der Waals surface area contributed by atoms with Gasteiger partial charge in [-0.05, 0) is 32.1 Å². The average molecular weight is 309 g/mol. The summed E-state index contributed by atoms with van der Waals surface area (Å²) in [6.45, 7) is 7.12. The molecular formula is C14H23N5OS. The first kappa shape index (κ1) is 14.7. The molecule has 6 nitrogen and oxygen atoms in total. The van der Waals surface area contributed by atoms with Crippen LogP contribution in [0.15, 0.2) is 0 Å². The third-order valence-electron chi connectivity index (χ3n) is 4.03. The van der Waals surface area contributed by atoms with E-state index < -0.39 is 0 Å². The second-order valence-electron chi connectivity index (χ2n) is 5.99. The Kier molecular flexibility index (Phi) is 4.70. The van der Waals surface area contributed by atoms with Crippen LogP contribution in [0.25, 0.3) is 0 Å². The minimum absolute atomic E-state index is 0.169. The predicted octanol–water partition coefficient (Wildman–Crippen LogP) is 0.885. The van der Waals surface area contributed by atoms with Crippen molar-refractivity contribution in [2.75, 3.05) is 44.2 Å². The molecule has 0 radical (unpaired) electrons. The number of rotatable bonds is 5. The van der Waals surface area contributed by atoms with E-state index in [1.165, 1.54) is 24.4 Å². The van der Waals surface area contributed by atoms with Gasteiger partial charge in [-0.1, -0.05) is 0 Å². The third-order valence-corrected chi connectivity index (χ3v) is 4.90. The van der Waals surface area contributed by atoms with E-state index >= 15 is 0 Å². The lowest BCUT2D eigenvalue weighted by Gasteiger charge is -2.20. The maximum absolute atomic E-state index is 11.9. The van der Waals surface area contributed by atoms with Crippen molar-refractivity contribution in [2.45, 2.75) is 26.2 Å². The summed E-state index contributed by atoms with van der Waals surface area (Å²) in [6, 6.07) is 0. The zero-order chi connectivity index (χ0) is 14.7. The topological polar surface area (TPSA) is 61.4 Å². The molecule has 0 spiro atoms. The zero-order valence-corrected chi connectivity index (χ0v) is 13.4. The molecule has 1 aromatic heterocycles. The Bertz CT molecular complexity index is 487. The van der Waals surface area contributed by atoms with E-state index in [4.69, 9.17) is 0 Å². The number of nitrogens with zero attached hydrogens (tertiary/aromatic N) is 4. The molecule has 0 unspecified atom stereocenters. The minimum Gasteiger partial charge on any atom is -0.355 e. The number of aromatic nitrogens is 2. The van der Waals surface area contributed by atoms with E-state index in [0.717, 1.165) is 56.0 Å². The molecule has 3 rings (SSSR count). The fraction of sp³-hybridized carbons (Fsp3) is 0.786. The molecule has 7 heteroatoms. The van der Waals surface area contributed by atoms with Gasteiger partial charge in [-0.15, -0.1) is 0 Å². The predicted molar refractivity (Wildman–Crippen MR) is 83.6 cm³/mol. The van der Waals surface area contributed by atoms with E-state index in [1.54, 1.807) is 0 Å². The largest absolute Gasteiger partial charge is 0.355 e. The molecule has 1 aliphatic carbocycles. The standard InChI is InChI=1S/C14H23N5OS/c1-11-16-14(21-17-11)19-6-2-5-18(7-8-19)10-13(20)15-9-12-3-4-12/h12H,2-10H2,1H3,(H,15,20). The van der Waals surface area contributed by atoms with Gasteiger partial charge >= 0.3 is 0 Å². The van der Waals surface area contributed by atoms with Crippen LogP contribution in [0.3, 0.4) is 0 Å². The van der Waals surface area contributed by atoms with Crippen molar-refractivity contribution >= 4 is 22.6 Å². The number of carbonyl (C=O) groups is 1. The van der Waals surface area contributed by atoms with Gasteiger partial charge in [-0.3, -0.25) is 9.69 Å². The van der Waals surface area contributed by atoms with Crippen molar-refractivity contribution in [1.82, 2.24) is 19.6 Å². The molecule has 2 aliphatic rings. The van der Waals surface area contributed by atoms with Crippen LogP contribution in [-0.4, -0.2) is 59.4 Å². The zero-order valence-electron chi connectivity index (χ0n) is 12.5. The third kappa shape index (κ3) is 4.38. The van der Waals surface area contributed by atoms with Crippen LogP contribution in [0.4, 0.5) is 5.13 Å². The molecular weight excluding hydrogens is 286 g/mol. The van der Waals surface area contributed by atoms with Crippen molar-refractivity contribution in [3.05, 3.63) is 5.82 Å². The van der Waals surface area contributed by atoms with Crippen molar-refractivity contribution in [3.8, 4) is 0 Å². The van der Waals surface area contributed by atoms with Crippen LogP contribution in [0.1, 0.15) is 25.1 Å². The summed E-state index contributed by atoms with van der Waals surface area (Å²) in [5, 5.41) is 4.05. The average Bonchev–Trinajstić information content (AvgIpc) is 3.23. The Hall–Kier alpha value is -1.21. The normalized spacial score (nSPS) is 20.3. The molecule has 21 heavy (non-hydrogen) atoms. The first-order valence-electron chi connectivity index (χ1n) is 7.75. The molecule has 1 saturated heterocycles. The Balaban J connectivity index is 1.45. The second-order valence-corrected chi connectivity index (χ2v) is 6.72. The van der Waals surface area contributed by atoms with Crippen LogP contribution in [0.2, 0.25) is 0 Å². The summed E-state index contributed by atoms with van der Waals surface area (Å²) >= 11 is 1.47. The van der Waals surface area contributed by atoms with E-state index in [0.29, 0.717) is 6.54 Å². The van der Waals surface area contributed by atoms with Crippen LogP contribution < -0.4 is 10.2 Å². The molecule has 1 aliphatic heterocycles. The number of aryl methyl sites for hydroxylation is 1. The minimum atomic E-state index is 0.169. The summed E-state index contributed by atoms with van der Waals surface area (Å²) in [4.78, 5) is 20.9. The molecule has 2 fully saturated rings. The van der Waals surface area contributed by atoms with Gasteiger partial charge in [0.05, 0.1) is 6.54 Å². The quantitative estimate of drug-likeness (QED) is 0.875. The smallest absolute Gasteiger partial charge is 0.234 e. The van der Waals surface area contributed by atoms with Crippen LogP contribution in [-0.2, 0) is 4.79 Å². The molecule has 2 heterocycles. The van der Waals surface area contributed by atoms with E-state index in [-0.39, 0.29) is 5.91 Å². The van der Waals surface area contributed by atoms with Crippen LogP contribution in [0, 0.1) is 12.8 Å². The lowest BCUT2D eigenvalue weighted by atomic mass is 10.3. The lowest BCUT2D eigenvalue weighted by molar-refractivity contribution is -0.122. The number of hydrogen-bond acceptors (Lipinski definition) is 6. The van der Waals surface area contributed by atoms with Crippen molar-refractivity contribution in [1.29, 1.82) is 0 Å². The summed E-state index contributed by atoms with van der Waals surface area (Å²) in [7, 11) is 0. The Labute approximate surface area is 129 Å². The summed E-state index contributed by atoms with van der Waals surface area (Å²) in [5.74, 6) is 1.76. The van der Waals surface area contributed by atoms with Crippen molar-refractivity contribution < 1.29 is 4.79 Å². The van der Waals surface area contributed by atoms with Gasteiger partial charge in [0.15, 0.2) is 0 Å². The van der Waals surface area contributed by atoms with E-state index in [1.807, 2.05) is 6.92 Å². The van der Waals surface area contributed by atoms with Gasteiger partial charge < -0.3 is 10.2 Å². The highest BCUT2D eigenvalue weighted by Gasteiger charge is 2.23. The second kappa shape index (κ2) is 6.70. The maximum Gasteiger partial charge on any atom is 0.234 e. The molecule has 0 atom stereocenters. The monoisotopic (exact) mass is 309 g/mol. The Morgan fingerprint density at radius 1 is 1.33 bits per heavy atom.